The van der Waals surface area contributed by atoms with E-state index >= 15 is 0 Å². The maximum absolute atomic E-state index is 13.6. The summed E-state index contributed by atoms with van der Waals surface area (Å²) in [5.74, 6) is -3.69. The first-order valence-corrected chi connectivity index (χ1v) is 39.6. The molecule has 3 fully saturated rings. The van der Waals surface area contributed by atoms with E-state index in [0.717, 1.165) is 60.5 Å². The second-order valence-corrected chi connectivity index (χ2v) is 30.1. The second-order valence-electron chi connectivity index (χ2n) is 28.6. The number of fused-ring (bicyclic) bond motifs is 4. The first-order valence-electron chi connectivity index (χ1n) is 38.1. The number of alkyl halides is 4. The molecule has 23 nitrogen and oxygen atoms in total. The SMILES string of the molecule is CC(O)Cn1nc(-c2ccccc2)c2c(Cl)c(-c3ccccc3)nnc21.O=C(Cn1nc(-c2ccccc2)c2c(Cl)c(-c3ccccc3)nnc21)N1CC(F)(F)C1.O=C(Cn1nc(-c2ccccc2)c2c(Cl)c(-c3ccccc3)nnc21)N1CC[C@@H](F)C1.O=C(Cn1nc(-c2ccccc2)c2c(Cl)c(-c3ccccc3)nnc21)N1CC[C@H](F)C1. The number of amides is 3. The molecule has 119 heavy (non-hydrogen) atoms. The Bertz CT molecular complexity index is 6140. The van der Waals surface area contributed by atoms with E-state index in [0.29, 0.717) is 131 Å². The van der Waals surface area contributed by atoms with Crippen LogP contribution in [-0.4, -0.2) is 181 Å². The molecule has 8 aromatic heterocycles. The molecule has 31 heteroatoms. The molecule has 0 saturated carbocycles. The van der Waals surface area contributed by atoms with Gasteiger partial charge in [-0.15, -0.1) is 40.8 Å². The molecular weight excluding hydrogens is 1600 g/mol. The minimum atomic E-state index is -2.83. The van der Waals surface area contributed by atoms with E-state index in [1.165, 1.54) is 23.8 Å². The Labute approximate surface area is 698 Å². The Morgan fingerprint density at radius 2 is 0.571 bits per heavy atom. The summed E-state index contributed by atoms with van der Waals surface area (Å²) in [6.45, 7) is 1.60. The number of hydrogen-bond acceptors (Lipinski definition) is 16. The highest BCUT2D eigenvalue weighted by molar-refractivity contribution is 6.40. The molecule has 8 aromatic carbocycles. The van der Waals surface area contributed by atoms with Gasteiger partial charge in [0, 0.05) is 57.6 Å². The molecule has 11 heterocycles. The van der Waals surface area contributed by atoms with Gasteiger partial charge in [-0.25, -0.2) is 36.3 Å². The van der Waals surface area contributed by atoms with Gasteiger partial charge in [0.15, 0.2) is 22.6 Å². The van der Waals surface area contributed by atoms with Gasteiger partial charge < -0.3 is 19.8 Å². The van der Waals surface area contributed by atoms with Crippen LogP contribution in [0.1, 0.15) is 19.8 Å². The van der Waals surface area contributed by atoms with Crippen molar-refractivity contribution in [1.29, 1.82) is 0 Å². The average molecular weight is 1680 g/mol. The zero-order valence-electron chi connectivity index (χ0n) is 63.5. The zero-order chi connectivity index (χ0) is 82.4. The van der Waals surface area contributed by atoms with Gasteiger partial charge in [-0.3, -0.25) is 14.4 Å². The highest BCUT2D eigenvalue weighted by Gasteiger charge is 2.46. The Balaban J connectivity index is 0.000000119. The van der Waals surface area contributed by atoms with Gasteiger partial charge in [0.25, 0.3) is 5.92 Å². The van der Waals surface area contributed by atoms with E-state index in [1.54, 1.807) is 11.6 Å². The lowest BCUT2D eigenvalue weighted by Crippen LogP contribution is -2.59. The summed E-state index contributed by atoms with van der Waals surface area (Å²) in [7, 11) is 0. The van der Waals surface area contributed by atoms with E-state index in [9.17, 15) is 37.1 Å². The van der Waals surface area contributed by atoms with E-state index in [4.69, 9.17) is 46.4 Å². The summed E-state index contributed by atoms with van der Waals surface area (Å²) in [4.78, 5) is 42.1. The molecule has 19 rings (SSSR count). The fourth-order valence-electron chi connectivity index (χ4n) is 14.3. The molecule has 16 aromatic rings. The number of rotatable bonds is 16. The number of aliphatic hydroxyl groups excluding tert-OH is 1. The van der Waals surface area contributed by atoms with Crippen LogP contribution < -0.4 is 0 Å². The molecule has 3 aliphatic heterocycles. The van der Waals surface area contributed by atoms with Crippen LogP contribution in [-0.2, 0) is 40.6 Å². The van der Waals surface area contributed by atoms with Crippen LogP contribution in [0.3, 0.4) is 0 Å². The number of nitrogens with zero attached hydrogens (tertiary/aromatic N) is 19. The topological polar surface area (TPSA) is 256 Å². The summed E-state index contributed by atoms with van der Waals surface area (Å²) >= 11 is 27.2. The maximum Gasteiger partial charge on any atom is 0.282 e. The molecule has 0 radical (unpaired) electrons. The average Bonchev–Trinajstić information content (AvgIpc) is 1.64. The lowest BCUT2D eigenvalue weighted by Gasteiger charge is -2.38. The van der Waals surface area contributed by atoms with Crippen LogP contribution in [0.25, 0.3) is 134 Å². The fourth-order valence-corrected chi connectivity index (χ4v) is 15.6. The van der Waals surface area contributed by atoms with E-state index in [-0.39, 0.29) is 44.5 Å². The van der Waals surface area contributed by atoms with Crippen LogP contribution >= 0.6 is 46.4 Å². The van der Waals surface area contributed by atoms with Crippen molar-refractivity contribution < 1.29 is 37.1 Å². The van der Waals surface area contributed by atoms with E-state index < -0.39 is 43.4 Å². The van der Waals surface area contributed by atoms with Gasteiger partial charge in [-0.05, 0) is 19.8 Å². The van der Waals surface area contributed by atoms with Crippen molar-refractivity contribution in [3.05, 3.63) is 263 Å². The van der Waals surface area contributed by atoms with Crippen molar-refractivity contribution in [2.24, 2.45) is 0 Å². The first kappa shape index (κ1) is 80.0. The van der Waals surface area contributed by atoms with Crippen LogP contribution in [0.15, 0.2) is 243 Å². The summed E-state index contributed by atoms with van der Waals surface area (Å²) in [6.07, 6.45) is -1.77. The number of benzene rings is 8. The molecule has 3 atom stereocenters. The van der Waals surface area contributed by atoms with Crippen molar-refractivity contribution >= 4 is 108 Å². The monoisotopic (exact) mass is 1670 g/mol. The fraction of sp³-hybridized carbons (Fsp3) is 0.193. The Kier molecular flexibility index (Phi) is 23.7. The van der Waals surface area contributed by atoms with Crippen molar-refractivity contribution in [2.75, 3.05) is 39.3 Å². The molecule has 0 aliphatic carbocycles. The number of carbonyl (C=O) groups is 3. The first-order chi connectivity index (χ1) is 57.8. The molecule has 3 saturated heterocycles. The van der Waals surface area contributed by atoms with Crippen molar-refractivity contribution in [2.45, 2.75) is 70.3 Å². The lowest BCUT2D eigenvalue weighted by atomic mass is 10.1. The number of likely N-dealkylation sites (tertiary alicyclic amines) is 3. The minimum absolute atomic E-state index is 0.0499. The third-order valence-electron chi connectivity index (χ3n) is 20.2. The highest BCUT2D eigenvalue weighted by atomic mass is 35.5. The van der Waals surface area contributed by atoms with Gasteiger partial charge in [0.2, 0.25) is 17.7 Å². The van der Waals surface area contributed by atoms with E-state index in [2.05, 4.69) is 61.2 Å². The predicted molar refractivity (Wildman–Crippen MR) is 450 cm³/mol. The highest BCUT2D eigenvalue weighted by Crippen LogP contribution is 2.43. The number of hydrogen-bond donors (Lipinski definition) is 1. The maximum atomic E-state index is 13.6. The summed E-state index contributed by atoms with van der Waals surface area (Å²) in [5.41, 5.74) is 13.3. The molecule has 1 N–H and O–H groups in total. The largest absolute Gasteiger partial charge is 0.391 e. The molecule has 3 amide bonds. The van der Waals surface area contributed by atoms with Gasteiger partial charge in [-0.1, -0.05) is 289 Å². The molecule has 3 aliphatic rings. The molecule has 1 unspecified atom stereocenters. The van der Waals surface area contributed by atoms with Gasteiger partial charge in [0.05, 0.1) is 80.5 Å². The van der Waals surface area contributed by atoms with Gasteiger partial charge >= 0.3 is 0 Å². The smallest absolute Gasteiger partial charge is 0.282 e. The Morgan fingerprint density at radius 1 is 0.353 bits per heavy atom. The second kappa shape index (κ2) is 35.2. The van der Waals surface area contributed by atoms with Crippen molar-refractivity contribution in [1.82, 2.24) is 94.6 Å². The summed E-state index contributed by atoms with van der Waals surface area (Å²) in [5, 5.41) is 67.4. The third-order valence-corrected chi connectivity index (χ3v) is 21.7. The number of carbonyl (C=O) groups excluding carboxylic acids is 3. The quantitative estimate of drug-likeness (QED) is 0.0882. The summed E-state index contributed by atoms with van der Waals surface area (Å²) in [6, 6.07) is 76.7. The number of aliphatic hydroxyl groups is 1. The number of halogens is 8. The normalized spacial score (nSPS) is 15.1. The predicted octanol–water partition coefficient (Wildman–Crippen LogP) is 17.3. The van der Waals surface area contributed by atoms with Crippen LogP contribution in [0, 0.1) is 0 Å². The minimum Gasteiger partial charge on any atom is -0.391 e. The van der Waals surface area contributed by atoms with Crippen molar-refractivity contribution in [3.8, 4) is 90.1 Å². The third kappa shape index (κ3) is 17.2. The Morgan fingerprint density at radius 3 is 0.790 bits per heavy atom. The zero-order valence-corrected chi connectivity index (χ0v) is 66.5. The number of aromatic nitrogens is 16. The standard InChI is InChI=1S/2C23H19ClFN5O.C22H16ClF2N5O.C20H17ClN4O/c2*24-20-19-21(15-7-3-1-4-8-15)28-30(14-18(31)29-12-11-17(25)13-29)23(19)27-26-22(20)16-9-5-2-6-10-16;23-18-17-19(14-7-3-1-4-8-14)28-30(11-16(31)29-12-22(24,25)13-29)21(17)27-26-20(18)15-9-5-2-6-10-15;1-13(26)12-25-20-16(18(24-25)14-8-4-2-5-9-14)17(21)19(22-23-20)15-10-6-3-7-11-15/h2*1-10,17H,11-14H2;1-10H,11-13H2;2-11,13,26H,12H2,1H3/t2*17-;;/m10../s1. The lowest BCUT2D eigenvalue weighted by molar-refractivity contribution is -0.166. The molecule has 598 valence electrons. The van der Waals surface area contributed by atoms with E-state index in [1.807, 2.05) is 243 Å². The Hall–Kier alpha value is -12.8. The van der Waals surface area contributed by atoms with Crippen molar-refractivity contribution in [3.63, 3.8) is 0 Å². The molecular formula is C88H71Cl4F4N19O4. The van der Waals surface area contributed by atoms with Crippen LogP contribution in [0.2, 0.25) is 20.1 Å². The molecule has 0 bridgehead atoms. The van der Waals surface area contributed by atoms with Gasteiger partial charge in [0.1, 0.15) is 77.5 Å². The molecule has 0 spiro atoms. The van der Waals surface area contributed by atoms with Gasteiger partial charge in [-0.2, -0.15) is 20.4 Å². The summed E-state index contributed by atoms with van der Waals surface area (Å²) < 4.78 is 59.5. The van der Waals surface area contributed by atoms with Crippen LogP contribution in [0.5, 0.6) is 0 Å². The van der Waals surface area contributed by atoms with Crippen LogP contribution in [0.4, 0.5) is 17.6 Å².